The number of carbonyl (C=O) groups is 1. The summed E-state index contributed by atoms with van der Waals surface area (Å²) in [5.74, 6) is 1.46. The Kier molecular flexibility index (Phi) is 5.43. The van der Waals surface area contributed by atoms with Gasteiger partial charge in [0.15, 0.2) is 0 Å². The van der Waals surface area contributed by atoms with E-state index in [4.69, 9.17) is 17.3 Å². The summed E-state index contributed by atoms with van der Waals surface area (Å²) in [7, 11) is 0. The van der Waals surface area contributed by atoms with E-state index >= 15 is 0 Å². The second kappa shape index (κ2) is 7.23. The quantitative estimate of drug-likeness (QED) is 0.827. The highest BCUT2D eigenvalue weighted by Crippen LogP contribution is 2.42. The molecule has 0 aromatic heterocycles. The lowest BCUT2D eigenvalue weighted by Crippen LogP contribution is -2.49. The van der Waals surface area contributed by atoms with Crippen molar-refractivity contribution in [2.24, 2.45) is 23.5 Å². The lowest BCUT2D eigenvalue weighted by Gasteiger charge is -2.43. The molecule has 0 aliphatic heterocycles. The first-order chi connectivity index (χ1) is 11.1. The van der Waals surface area contributed by atoms with Crippen LogP contribution in [-0.2, 0) is 11.2 Å². The Labute approximate surface area is 155 Å². The summed E-state index contributed by atoms with van der Waals surface area (Å²) in [4.78, 5) is 12.8. The van der Waals surface area contributed by atoms with Crippen LogP contribution < -0.4 is 11.1 Å². The average Bonchev–Trinajstić information content (AvgIpc) is 2.91. The van der Waals surface area contributed by atoms with Gasteiger partial charge in [0.2, 0.25) is 5.91 Å². The minimum absolute atomic E-state index is 0. The predicted molar refractivity (Wildman–Crippen MR) is 99.4 cm³/mol. The van der Waals surface area contributed by atoms with Gasteiger partial charge in [0.05, 0.1) is 6.04 Å². The normalized spacial score (nSPS) is 34.2. The van der Waals surface area contributed by atoms with Crippen LogP contribution in [-0.4, -0.2) is 11.9 Å². The van der Waals surface area contributed by atoms with Crippen molar-refractivity contribution in [3.8, 4) is 0 Å². The van der Waals surface area contributed by atoms with Gasteiger partial charge in [-0.2, -0.15) is 0 Å². The van der Waals surface area contributed by atoms with E-state index in [-0.39, 0.29) is 30.3 Å². The lowest BCUT2D eigenvalue weighted by molar-refractivity contribution is -0.128. The summed E-state index contributed by atoms with van der Waals surface area (Å²) in [6, 6.07) is 6.47. The highest BCUT2D eigenvalue weighted by molar-refractivity contribution is 6.31. The van der Waals surface area contributed by atoms with Crippen LogP contribution in [0.3, 0.4) is 0 Å². The molecule has 0 radical (unpaired) electrons. The van der Waals surface area contributed by atoms with Crippen molar-refractivity contribution < 1.29 is 4.79 Å². The first kappa shape index (κ1) is 18.0. The second-order valence-electron chi connectivity index (χ2n) is 7.60. The fraction of sp³-hybridized carbons (Fsp3) is 0.632. The molecule has 2 saturated carbocycles. The van der Waals surface area contributed by atoms with Crippen molar-refractivity contribution in [1.82, 2.24) is 5.32 Å². The zero-order valence-electron chi connectivity index (χ0n) is 13.8. The summed E-state index contributed by atoms with van der Waals surface area (Å²) in [6.07, 6.45) is 7.54. The first-order valence-electron chi connectivity index (χ1n) is 8.96. The summed E-state index contributed by atoms with van der Waals surface area (Å²) in [5, 5.41) is 4.13. The number of nitrogens with one attached hydrogen (secondary N) is 1. The number of hydrogen-bond donors (Lipinski definition) is 2. The second-order valence-corrected chi connectivity index (χ2v) is 8.01. The van der Waals surface area contributed by atoms with E-state index in [0.29, 0.717) is 17.9 Å². The number of carbonyl (C=O) groups excluding carboxylic acids is 1. The van der Waals surface area contributed by atoms with Gasteiger partial charge in [-0.15, -0.1) is 12.4 Å². The van der Waals surface area contributed by atoms with Crippen LogP contribution in [0.25, 0.3) is 0 Å². The molecule has 3 aliphatic carbocycles. The molecule has 24 heavy (non-hydrogen) atoms. The van der Waals surface area contributed by atoms with E-state index in [1.54, 1.807) is 0 Å². The van der Waals surface area contributed by atoms with Gasteiger partial charge in [0.1, 0.15) is 0 Å². The van der Waals surface area contributed by atoms with Gasteiger partial charge in [-0.1, -0.05) is 30.2 Å². The number of halogens is 2. The third-order valence-electron chi connectivity index (χ3n) is 6.31. The molecular weight excluding hydrogens is 343 g/mol. The molecule has 132 valence electrons. The van der Waals surface area contributed by atoms with Gasteiger partial charge in [-0.25, -0.2) is 0 Å². The molecule has 2 fully saturated rings. The summed E-state index contributed by atoms with van der Waals surface area (Å²) in [6.45, 7) is 0. The topological polar surface area (TPSA) is 55.1 Å². The molecule has 1 aromatic carbocycles. The Bertz CT molecular complexity index is 607. The van der Waals surface area contributed by atoms with Crippen molar-refractivity contribution in [2.45, 2.75) is 57.0 Å². The minimum atomic E-state index is 0. The van der Waals surface area contributed by atoms with Gasteiger partial charge >= 0.3 is 0 Å². The maximum Gasteiger partial charge on any atom is 0.223 e. The Morgan fingerprint density at radius 3 is 2.58 bits per heavy atom. The molecule has 1 aromatic rings. The number of amides is 1. The molecule has 2 bridgehead atoms. The largest absolute Gasteiger partial charge is 0.349 e. The fourth-order valence-electron chi connectivity index (χ4n) is 5.05. The molecule has 0 heterocycles. The first-order valence-corrected chi connectivity index (χ1v) is 9.34. The van der Waals surface area contributed by atoms with E-state index < -0.39 is 0 Å². The van der Waals surface area contributed by atoms with Crippen LogP contribution in [0.5, 0.6) is 0 Å². The fourth-order valence-corrected chi connectivity index (χ4v) is 5.33. The summed E-state index contributed by atoms with van der Waals surface area (Å²) in [5.41, 5.74) is 8.76. The van der Waals surface area contributed by atoms with Crippen molar-refractivity contribution in [2.75, 3.05) is 0 Å². The molecule has 5 heteroatoms. The SMILES string of the molecule is Cl.NC1C2CCCC1CC(C(=O)NC1CCc3c(Cl)cccc31)C2. The molecule has 3 unspecified atom stereocenters. The third-order valence-corrected chi connectivity index (χ3v) is 6.67. The molecular formula is C19H26Cl2N2O. The number of benzene rings is 1. The van der Waals surface area contributed by atoms with Crippen LogP contribution in [0.15, 0.2) is 18.2 Å². The summed E-state index contributed by atoms with van der Waals surface area (Å²) >= 11 is 6.27. The Hall–Kier alpha value is -0.770. The predicted octanol–water partition coefficient (Wildman–Crippen LogP) is 4.02. The monoisotopic (exact) mass is 368 g/mol. The zero-order chi connectivity index (χ0) is 16.0. The molecule has 3 N–H and O–H groups in total. The van der Waals surface area contributed by atoms with Crippen LogP contribution >= 0.6 is 24.0 Å². The van der Waals surface area contributed by atoms with Crippen LogP contribution in [0, 0.1) is 17.8 Å². The van der Waals surface area contributed by atoms with Crippen LogP contribution in [0.1, 0.15) is 55.7 Å². The maximum absolute atomic E-state index is 12.8. The highest BCUT2D eigenvalue weighted by Gasteiger charge is 2.41. The van der Waals surface area contributed by atoms with E-state index in [1.807, 2.05) is 12.1 Å². The van der Waals surface area contributed by atoms with Crippen molar-refractivity contribution >= 4 is 29.9 Å². The number of fused-ring (bicyclic) bond motifs is 3. The van der Waals surface area contributed by atoms with Crippen LogP contribution in [0.2, 0.25) is 5.02 Å². The molecule has 3 aliphatic rings. The molecule has 4 rings (SSSR count). The van der Waals surface area contributed by atoms with Crippen molar-refractivity contribution in [3.05, 3.63) is 34.3 Å². The lowest BCUT2D eigenvalue weighted by atomic mass is 9.65. The van der Waals surface area contributed by atoms with E-state index in [1.165, 1.54) is 30.4 Å². The molecule has 1 amide bonds. The Morgan fingerprint density at radius 1 is 1.17 bits per heavy atom. The molecule has 0 spiro atoms. The van der Waals surface area contributed by atoms with Gasteiger partial charge in [0, 0.05) is 17.0 Å². The third kappa shape index (κ3) is 3.18. The number of nitrogens with two attached hydrogens (primary N) is 1. The molecule has 0 saturated heterocycles. The van der Waals surface area contributed by atoms with E-state index in [2.05, 4.69) is 11.4 Å². The average molecular weight is 369 g/mol. The molecule has 3 nitrogen and oxygen atoms in total. The maximum atomic E-state index is 12.8. The van der Waals surface area contributed by atoms with Gasteiger partial charge in [0.25, 0.3) is 0 Å². The molecule has 3 atom stereocenters. The van der Waals surface area contributed by atoms with Gasteiger partial charge < -0.3 is 11.1 Å². The number of hydrogen-bond acceptors (Lipinski definition) is 2. The highest BCUT2D eigenvalue weighted by atomic mass is 35.5. The van der Waals surface area contributed by atoms with E-state index in [9.17, 15) is 4.79 Å². The van der Waals surface area contributed by atoms with Crippen LogP contribution in [0.4, 0.5) is 0 Å². The standard InChI is InChI=1S/C19H25ClN2O.ClH/c20-16-6-2-5-15-14(16)7-8-17(15)22-19(23)13-9-11-3-1-4-12(10-13)18(11)21;/h2,5-6,11-13,17-18H,1,3-4,7-10,21H2,(H,22,23);1H. The van der Waals surface area contributed by atoms with Crippen molar-refractivity contribution in [1.29, 1.82) is 0 Å². The zero-order valence-corrected chi connectivity index (χ0v) is 15.4. The Morgan fingerprint density at radius 2 is 1.88 bits per heavy atom. The van der Waals surface area contributed by atoms with Gasteiger partial charge in [-0.3, -0.25) is 4.79 Å². The van der Waals surface area contributed by atoms with Gasteiger partial charge in [-0.05, 0) is 67.6 Å². The van der Waals surface area contributed by atoms with E-state index in [0.717, 1.165) is 30.7 Å². The van der Waals surface area contributed by atoms with Crippen molar-refractivity contribution in [3.63, 3.8) is 0 Å². The Balaban J connectivity index is 0.00000169. The smallest absolute Gasteiger partial charge is 0.223 e. The summed E-state index contributed by atoms with van der Waals surface area (Å²) < 4.78 is 0. The number of rotatable bonds is 2. The minimum Gasteiger partial charge on any atom is -0.349 e.